The molecule has 0 saturated carbocycles. The molecule has 3 amide bonds. The predicted octanol–water partition coefficient (Wildman–Crippen LogP) is 3.23. The van der Waals surface area contributed by atoms with Crippen molar-refractivity contribution in [3.63, 3.8) is 0 Å². The van der Waals surface area contributed by atoms with Crippen molar-refractivity contribution in [2.45, 2.75) is 71.2 Å². The number of hydrogen-bond acceptors (Lipinski definition) is 6. The quantitative estimate of drug-likeness (QED) is 0.429. The van der Waals surface area contributed by atoms with Crippen molar-refractivity contribution in [2.75, 3.05) is 49.1 Å². The molecule has 1 N–H and O–H groups in total. The predicted molar refractivity (Wildman–Crippen MR) is 163 cm³/mol. The summed E-state index contributed by atoms with van der Waals surface area (Å²) in [6, 6.07) is 6.35. The molecule has 1 unspecified atom stereocenters. The molecule has 4 heterocycles. The Morgan fingerprint density at radius 1 is 1.00 bits per heavy atom. The monoisotopic (exact) mass is 578 g/mol. The van der Waals surface area contributed by atoms with Crippen LogP contribution in [0.25, 0.3) is 0 Å². The first-order valence-corrected chi connectivity index (χ1v) is 15.7. The summed E-state index contributed by atoms with van der Waals surface area (Å²) in [5.74, 6) is -2.31. The number of aliphatic hydroxyl groups is 1. The highest BCUT2D eigenvalue weighted by molar-refractivity contribution is 6.06. The lowest BCUT2D eigenvalue weighted by Crippen LogP contribution is -2.59. The SMILES string of the molecule is CCCN1CC=C[C@H]2O[C@]34C=CCN(c5ccc(N(CC)CC)cc5)C(=O)C3N([C@@H](CO)[C@@H](C)CC)C(=O)[C@@H]4[C@H]2C1=O. The number of carbonyl (C=O) groups excluding carboxylic acids is 3. The molecule has 5 rings (SSSR count). The van der Waals surface area contributed by atoms with Crippen LogP contribution in [0.1, 0.15) is 47.5 Å². The van der Waals surface area contributed by atoms with Gasteiger partial charge in [-0.25, -0.2) is 0 Å². The lowest BCUT2D eigenvalue weighted by molar-refractivity contribution is -0.148. The molecule has 0 aromatic heterocycles. The van der Waals surface area contributed by atoms with Crippen LogP contribution in [-0.2, 0) is 19.1 Å². The molecule has 0 radical (unpaired) electrons. The molecule has 2 saturated heterocycles. The van der Waals surface area contributed by atoms with Gasteiger partial charge < -0.3 is 29.4 Å². The van der Waals surface area contributed by atoms with Gasteiger partial charge in [0.05, 0.1) is 30.6 Å². The van der Waals surface area contributed by atoms with Crippen LogP contribution in [0.15, 0.2) is 48.6 Å². The van der Waals surface area contributed by atoms with Crippen molar-refractivity contribution in [3.05, 3.63) is 48.6 Å². The minimum atomic E-state index is -1.31. The zero-order chi connectivity index (χ0) is 30.2. The van der Waals surface area contributed by atoms with Crippen LogP contribution in [0.5, 0.6) is 0 Å². The average molecular weight is 579 g/mol. The maximum Gasteiger partial charge on any atom is 0.253 e. The van der Waals surface area contributed by atoms with E-state index in [1.165, 1.54) is 0 Å². The van der Waals surface area contributed by atoms with E-state index in [0.717, 1.165) is 37.3 Å². The molecule has 9 heteroatoms. The minimum Gasteiger partial charge on any atom is -0.394 e. The third-order valence-corrected chi connectivity index (χ3v) is 9.81. The Labute approximate surface area is 249 Å². The highest BCUT2D eigenvalue weighted by atomic mass is 16.5. The summed E-state index contributed by atoms with van der Waals surface area (Å²) >= 11 is 0. The second-order valence-corrected chi connectivity index (χ2v) is 12.0. The second-order valence-electron chi connectivity index (χ2n) is 12.0. The first kappa shape index (κ1) is 30.3. The summed E-state index contributed by atoms with van der Waals surface area (Å²) in [5, 5.41) is 10.6. The third-order valence-electron chi connectivity index (χ3n) is 9.81. The molecule has 2 fully saturated rings. The van der Waals surface area contributed by atoms with E-state index in [-0.39, 0.29) is 30.2 Å². The summed E-state index contributed by atoms with van der Waals surface area (Å²) in [4.78, 5) is 50.6. The van der Waals surface area contributed by atoms with Gasteiger partial charge in [-0.15, -0.1) is 0 Å². The Bertz CT molecular complexity index is 1230. The van der Waals surface area contributed by atoms with Crippen LogP contribution in [0.2, 0.25) is 0 Å². The zero-order valence-corrected chi connectivity index (χ0v) is 25.6. The summed E-state index contributed by atoms with van der Waals surface area (Å²) in [7, 11) is 0. The number of anilines is 2. The Morgan fingerprint density at radius 3 is 2.33 bits per heavy atom. The fraction of sp³-hybridized carbons (Fsp3) is 0.606. The lowest BCUT2D eigenvalue weighted by atomic mass is 9.77. The Hall–Kier alpha value is -3.17. The van der Waals surface area contributed by atoms with Gasteiger partial charge in [0.2, 0.25) is 11.8 Å². The van der Waals surface area contributed by atoms with Gasteiger partial charge in [0.1, 0.15) is 11.6 Å². The number of carbonyl (C=O) groups is 3. The minimum absolute atomic E-state index is 0.0613. The van der Waals surface area contributed by atoms with Crippen molar-refractivity contribution in [1.82, 2.24) is 9.80 Å². The number of amides is 3. The largest absolute Gasteiger partial charge is 0.394 e. The molecule has 0 aliphatic carbocycles. The van der Waals surface area contributed by atoms with E-state index in [2.05, 4.69) is 18.7 Å². The smallest absolute Gasteiger partial charge is 0.253 e. The van der Waals surface area contributed by atoms with Crippen molar-refractivity contribution < 1.29 is 24.2 Å². The first-order valence-electron chi connectivity index (χ1n) is 15.7. The topological polar surface area (TPSA) is 93.6 Å². The van der Waals surface area contributed by atoms with Crippen molar-refractivity contribution in [3.8, 4) is 0 Å². The zero-order valence-electron chi connectivity index (χ0n) is 25.6. The molecule has 4 aliphatic rings. The van der Waals surface area contributed by atoms with Crippen molar-refractivity contribution >= 4 is 29.1 Å². The maximum atomic E-state index is 14.7. The van der Waals surface area contributed by atoms with Crippen LogP contribution in [0.4, 0.5) is 11.4 Å². The number of ether oxygens (including phenoxy) is 1. The first-order chi connectivity index (χ1) is 20.3. The van der Waals surface area contributed by atoms with Gasteiger partial charge >= 0.3 is 0 Å². The van der Waals surface area contributed by atoms with Crippen LogP contribution in [0.3, 0.4) is 0 Å². The molecule has 4 aliphatic heterocycles. The molecule has 7 atom stereocenters. The number of fused-ring (bicyclic) bond motifs is 2. The van der Waals surface area contributed by atoms with E-state index < -0.39 is 35.6 Å². The van der Waals surface area contributed by atoms with Crippen LogP contribution < -0.4 is 9.80 Å². The number of likely N-dealkylation sites (tertiary alicyclic amines) is 1. The Kier molecular flexibility index (Phi) is 8.81. The van der Waals surface area contributed by atoms with Gasteiger partial charge in [-0.3, -0.25) is 14.4 Å². The highest BCUT2D eigenvalue weighted by Gasteiger charge is 2.72. The van der Waals surface area contributed by atoms with Crippen LogP contribution >= 0.6 is 0 Å². The van der Waals surface area contributed by atoms with E-state index in [4.69, 9.17) is 4.74 Å². The van der Waals surface area contributed by atoms with E-state index in [9.17, 15) is 19.5 Å². The van der Waals surface area contributed by atoms with Gasteiger partial charge in [0, 0.05) is 44.1 Å². The van der Waals surface area contributed by atoms with Gasteiger partial charge in [-0.1, -0.05) is 51.5 Å². The summed E-state index contributed by atoms with van der Waals surface area (Å²) in [6.07, 6.45) is 8.52. The molecule has 1 spiro atoms. The van der Waals surface area contributed by atoms with Crippen molar-refractivity contribution in [2.24, 2.45) is 17.8 Å². The molecule has 0 bridgehead atoms. The van der Waals surface area contributed by atoms with Gasteiger partial charge in [-0.2, -0.15) is 0 Å². The number of hydrogen-bond donors (Lipinski definition) is 1. The molecule has 1 aromatic carbocycles. The number of rotatable bonds is 10. The maximum absolute atomic E-state index is 14.7. The average Bonchev–Trinajstić information content (AvgIpc) is 3.32. The van der Waals surface area contributed by atoms with Gasteiger partial charge in [0.15, 0.2) is 0 Å². The number of aliphatic hydroxyl groups excluding tert-OH is 1. The molecule has 42 heavy (non-hydrogen) atoms. The second kappa shape index (κ2) is 12.2. The summed E-state index contributed by atoms with van der Waals surface area (Å²) < 4.78 is 6.76. The van der Waals surface area contributed by atoms with Crippen LogP contribution in [-0.4, -0.2) is 95.7 Å². The fourth-order valence-corrected chi connectivity index (χ4v) is 7.44. The highest BCUT2D eigenvalue weighted by Crippen LogP contribution is 2.54. The van der Waals surface area contributed by atoms with Gasteiger partial charge in [-0.05, 0) is 50.5 Å². The molecular formula is C33H46N4O5. The number of benzene rings is 1. The summed E-state index contributed by atoms with van der Waals surface area (Å²) in [5.41, 5.74) is 0.499. The van der Waals surface area contributed by atoms with E-state index in [0.29, 0.717) is 19.6 Å². The Balaban J connectivity index is 1.60. The lowest BCUT2D eigenvalue weighted by Gasteiger charge is -2.40. The Morgan fingerprint density at radius 2 is 1.71 bits per heavy atom. The summed E-state index contributed by atoms with van der Waals surface area (Å²) in [6.45, 7) is 13.1. The van der Waals surface area contributed by atoms with Gasteiger partial charge in [0.25, 0.3) is 5.91 Å². The standard InChI is InChI=1S/C33H46N4O5/c1-6-18-35-19-10-12-26-27(30(35)39)28-31(40)37(25(21-38)22(5)7-2)29-32(41)36(20-11-17-33(28,29)42-26)24-15-13-23(14-16-24)34(8-3)9-4/h10-17,22,25-29,38H,6-9,18-21H2,1-5H3/t22-,25-,26+,27-,28-,29?,33-/m0/s1. The molecule has 9 nitrogen and oxygen atoms in total. The van der Waals surface area contributed by atoms with E-state index in [1.807, 2.05) is 69.3 Å². The van der Waals surface area contributed by atoms with Crippen LogP contribution in [0, 0.1) is 17.8 Å². The molecule has 1 aromatic rings. The number of nitrogens with zero attached hydrogens (tertiary/aromatic N) is 4. The van der Waals surface area contributed by atoms with E-state index in [1.54, 1.807) is 14.7 Å². The normalized spacial score (nSPS) is 30.1. The fourth-order valence-electron chi connectivity index (χ4n) is 7.44. The van der Waals surface area contributed by atoms with E-state index >= 15 is 0 Å². The molecular weight excluding hydrogens is 532 g/mol. The molecule has 228 valence electrons. The third kappa shape index (κ3) is 4.74. The van der Waals surface area contributed by atoms with Crippen molar-refractivity contribution in [1.29, 1.82) is 0 Å².